The van der Waals surface area contributed by atoms with E-state index in [9.17, 15) is 13.2 Å². The van der Waals surface area contributed by atoms with E-state index in [1.165, 1.54) is 17.7 Å². The number of benzene rings is 2. The maximum atomic E-state index is 14.2. The third-order valence-corrected chi connectivity index (χ3v) is 7.43. The number of pyridine rings is 1. The number of hydrogen-bond donors (Lipinski definition) is 1. The molecule has 2 aromatic carbocycles. The smallest absolute Gasteiger partial charge is 0.153 e. The van der Waals surface area contributed by atoms with Crippen LogP contribution in [0.5, 0.6) is 0 Å². The molecular formula is C26H24F3N3. The second kappa shape index (κ2) is 7.61. The molecule has 2 heterocycles. The van der Waals surface area contributed by atoms with Crippen molar-refractivity contribution in [2.24, 2.45) is 11.8 Å². The number of halogens is 3. The number of nitrogens with zero attached hydrogens (tertiary/aromatic N) is 2. The van der Waals surface area contributed by atoms with E-state index >= 15 is 0 Å². The Morgan fingerprint density at radius 3 is 2.34 bits per heavy atom. The molecule has 6 rings (SSSR count). The van der Waals surface area contributed by atoms with Crippen LogP contribution in [-0.4, -0.2) is 15.0 Å². The van der Waals surface area contributed by atoms with E-state index < -0.39 is 11.6 Å². The average molecular weight is 435 g/mol. The van der Waals surface area contributed by atoms with Gasteiger partial charge in [-0.1, -0.05) is 0 Å². The first-order chi connectivity index (χ1) is 15.6. The normalized spacial score (nSPS) is 22.5. The van der Waals surface area contributed by atoms with Gasteiger partial charge in [0, 0.05) is 23.6 Å². The van der Waals surface area contributed by atoms with Gasteiger partial charge in [-0.3, -0.25) is 4.98 Å². The van der Waals surface area contributed by atoms with Gasteiger partial charge in [-0.25, -0.2) is 18.2 Å². The van der Waals surface area contributed by atoms with Gasteiger partial charge in [-0.15, -0.1) is 0 Å². The quantitative estimate of drug-likeness (QED) is 0.375. The summed E-state index contributed by atoms with van der Waals surface area (Å²) in [6.07, 6.45) is 8.26. The van der Waals surface area contributed by atoms with Crippen LogP contribution in [-0.2, 0) is 0 Å². The number of aromatic amines is 1. The Morgan fingerprint density at radius 1 is 0.844 bits per heavy atom. The number of fused-ring (bicyclic) bond motifs is 2. The summed E-state index contributed by atoms with van der Waals surface area (Å²) in [6.45, 7) is 0. The van der Waals surface area contributed by atoms with Gasteiger partial charge in [0.2, 0.25) is 0 Å². The van der Waals surface area contributed by atoms with E-state index in [1.807, 2.05) is 12.3 Å². The number of nitrogens with one attached hydrogen (secondary N) is 1. The molecule has 0 bridgehead atoms. The third kappa shape index (κ3) is 3.46. The van der Waals surface area contributed by atoms with Gasteiger partial charge in [-0.05, 0) is 92.2 Å². The highest BCUT2D eigenvalue weighted by molar-refractivity contribution is 5.82. The number of H-pyrrole nitrogens is 1. The van der Waals surface area contributed by atoms with Gasteiger partial charge < -0.3 is 4.98 Å². The fraction of sp³-hybridized carbons (Fsp3) is 0.385. The lowest BCUT2D eigenvalue weighted by atomic mass is 9.72. The predicted octanol–water partition coefficient (Wildman–Crippen LogP) is 7.00. The first kappa shape index (κ1) is 19.8. The second-order valence-electron chi connectivity index (χ2n) is 9.44. The molecule has 4 aromatic rings. The van der Waals surface area contributed by atoms with Crippen molar-refractivity contribution >= 4 is 21.9 Å². The summed E-state index contributed by atoms with van der Waals surface area (Å²) in [5.74, 6) is 0.998. The molecule has 0 spiro atoms. The number of imidazole rings is 1. The van der Waals surface area contributed by atoms with E-state index in [2.05, 4.69) is 15.0 Å². The molecule has 0 aliphatic heterocycles. The van der Waals surface area contributed by atoms with Crippen molar-refractivity contribution in [3.05, 3.63) is 71.4 Å². The molecule has 2 aliphatic rings. The molecule has 0 saturated heterocycles. The number of hydrogen-bond acceptors (Lipinski definition) is 2. The Morgan fingerprint density at radius 2 is 1.59 bits per heavy atom. The highest BCUT2D eigenvalue weighted by Crippen LogP contribution is 2.52. The van der Waals surface area contributed by atoms with Crippen LogP contribution in [0.15, 0.2) is 42.6 Å². The molecule has 2 aliphatic carbocycles. The van der Waals surface area contributed by atoms with Crippen LogP contribution < -0.4 is 0 Å². The molecular weight excluding hydrogens is 411 g/mol. The minimum atomic E-state index is -0.613. The fourth-order valence-electron chi connectivity index (χ4n) is 5.79. The van der Waals surface area contributed by atoms with Crippen LogP contribution in [0.1, 0.15) is 61.7 Å². The van der Waals surface area contributed by atoms with Crippen molar-refractivity contribution in [3.8, 4) is 0 Å². The first-order valence-electron chi connectivity index (χ1n) is 11.5. The van der Waals surface area contributed by atoms with Gasteiger partial charge >= 0.3 is 0 Å². The molecule has 3 nitrogen and oxygen atoms in total. The Balaban J connectivity index is 1.26. The van der Waals surface area contributed by atoms with Crippen LogP contribution in [0.2, 0.25) is 0 Å². The van der Waals surface area contributed by atoms with Crippen LogP contribution in [0, 0.1) is 29.3 Å². The molecule has 0 amide bonds. The van der Waals surface area contributed by atoms with Gasteiger partial charge in [0.05, 0.1) is 11.0 Å². The SMILES string of the molecule is Fc1cc(F)c2nc([C@@H](C3CCC(c4ccnc5ccc(F)cc45)CC3)C3CC3)[nH]c2c1. The van der Waals surface area contributed by atoms with Crippen LogP contribution >= 0.6 is 0 Å². The molecule has 2 saturated carbocycles. The van der Waals surface area contributed by atoms with E-state index in [0.717, 1.165) is 61.3 Å². The average Bonchev–Trinajstić information content (AvgIpc) is 3.52. The van der Waals surface area contributed by atoms with Gasteiger partial charge in [0.25, 0.3) is 0 Å². The van der Waals surface area contributed by atoms with Crippen LogP contribution in [0.25, 0.3) is 21.9 Å². The van der Waals surface area contributed by atoms with Crippen molar-refractivity contribution in [2.75, 3.05) is 0 Å². The molecule has 32 heavy (non-hydrogen) atoms. The molecule has 0 unspecified atom stereocenters. The van der Waals surface area contributed by atoms with Crippen LogP contribution in [0.4, 0.5) is 13.2 Å². The lowest BCUT2D eigenvalue weighted by molar-refractivity contribution is 0.259. The summed E-state index contributed by atoms with van der Waals surface area (Å²) < 4.78 is 41.8. The largest absolute Gasteiger partial charge is 0.342 e. The van der Waals surface area contributed by atoms with Gasteiger partial charge in [0.15, 0.2) is 5.82 Å². The maximum absolute atomic E-state index is 14.2. The van der Waals surface area contributed by atoms with Gasteiger partial charge in [-0.2, -0.15) is 0 Å². The lowest BCUT2D eigenvalue weighted by Gasteiger charge is -2.34. The molecule has 0 radical (unpaired) electrons. The zero-order valence-electron chi connectivity index (χ0n) is 17.6. The monoisotopic (exact) mass is 435 g/mol. The Kier molecular flexibility index (Phi) is 4.70. The van der Waals surface area contributed by atoms with E-state index in [4.69, 9.17) is 0 Å². The molecule has 164 valence electrons. The maximum Gasteiger partial charge on any atom is 0.153 e. The fourth-order valence-corrected chi connectivity index (χ4v) is 5.79. The minimum Gasteiger partial charge on any atom is -0.342 e. The predicted molar refractivity (Wildman–Crippen MR) is 118 cm³/mol. The van der Waals surface area contributed by atoms with Crippen molar-refractivity contribution in [1.29, 1.82) is 0 Å². The summed E-state index contributed by atoms with van der Waals surface area (Å²) in [6, 6.07) is 9.04. The standard InChI is InChI=1S/C26H24F3N3/c27-17-7-8-22-20(11-17)19(9-10-30-22)14-1-3-15(4-2-14)24(16-5-6-16)26-31-23-13-18(28)12-21(29)25(23)32-26/h7-16,24H,1-6H2,(H,31,32)/t14?,15?,24-/m0/s1. The van der Waals surface area contributed by atoms with Gasteiger partial charge in [0.1, 0.15) is 23.0 Å². The molecule has 2 aromatic heterocycles. The Labute approximate surface area is 184 Å². The summed E-state index contributed by atoms with van der Waals surface area (Å²) >= 11 is 0. The summed E-state index contributed by atoms with van der Waals surface area (Å²) in [4.78, 5) is 12.2. The number of rotatable bonds is 4. The first-order valence-corrected chi connectivity index (χ1v) is 11.5. The molecule has 1 N–H and O–H groups in total. The Bertz CT molecular complexity index is 1300. The molecule has 1 atom stereocenters. The summed E-state index contributed by atoms with van der Waals surface area (Å²) in [5, 5.41) is 0.907. The van der Waals surface area contributed by atoms with E-state index in [0.29, 0.717) is 23.3 Å². The zero-order valence-corrected chi connectivity index (χ0v) is 17.6. The number of aromatic nitrogens is 3. The zero-order chi connectivity index (χ0) is 21.8. The topological polar surface area (TPSA) is 41.6 Å². The van der Waals surface area contributed by atoms with Crippen molar-refractivity contribution in [1.82, 2.24) is 15.0 Å². The lowest BCUT2D eigenvalue weighted by Crippen LogP contribution is -2.22. The minimum absolute atomic E-state index is 0.228. The highest BCUT2D eigenvalue weighted by atomic mass is 19.1. The van der Waals surface area contributed by atoms with Crippen molar-refractivity contribution in [2.45, 2.75) is 50.4 Å². The van der Waals surface area contributed by atoms with Crippen LogP contribution in [0.3, 0.4) is 0 Å². The van der Waals surface area contributed by atoms with E-state index in [1.54, 1.807) is 12.1 Å². The Hall–Kier alpha value is -2.89. The van der Waals surface area contributed by atoms with Crippen molar-refractivity contribution < 1.29 is 13.2 Å². The summed E-state index contributed by atoms with van der Waals surface area (Å²) in [5.41, 5.74) is 2.67. The van der Waals surface area contributed by atoms with Crippen molar-refractivity contribution in [3.63, 3.8) is 0 Å². The molecule has 6 heteroatoms. The summed E-state index contributed by atoms with van der Waals surface area (Å²) in [7, 11) is 0. The van der Waals surface area contributed by atoms with E-state index in [-0.39, 0.29) is 17.3 Å². The second-order valence-corrected chi connectivity index (χ2v) is 9.44. The third-order valence-electron chi connectivity index (χ3n) is 7.43. The highest BCUT2D eigenvalue weighted by Gasteiger charge is 2.41. The molecule has 2 fully saturated rings.